The highest BCUT2D eigenvalue weighted by Gasteiger charge is 2.10. The van der Waals surface area contributed by atoms with Gasteiger partial charge in [0.15, 0.2) is 0 Å². The molecule has 74 valence electrons. The third-order valence-corrected chi connectivity index (χ3v) is 2.12. The number of aromatic nitrogens is 2. The van der Waals surface area contributed by atoms with E-state index < -0.39 is 0 Å². The first-order valence-electron chi connectivity index (χ1n) is 4.53. The smallest absolute Gasteiger partial charge is 0.105 e. The van der Waals surface area contributed by atoms with Gasteiger partial charge in [-0.15, -0.1) is 0 Å². The Morgan fingerprint density at radius 2 is 2.43 bits per heavy atom. The molecule has 2 N–H and O–H groups in total. The minimum atomic E-state index is -0.0950. The Morgan fingerprint density at radius 3 is 3.00 bits per heavy atom. The van der Waals surface area contributed by atoms with E-state index in [1.807, 2.05) is 31.4 Å². The Kier molecular flexibility index (Phi) is 2.37. The van der Waals surface area contributed by atoms with Crippen LogP contribution in [0.3, 0.4) is 0 Å². The predicted octanol–water partition coefficient (Wildman–Crippen LogP) is 1.26. The van der Waals surface area contributed by atoms with Gasteiger partial charge >= 0.3 is 0 Å². The molecule has 0 radical (unpaired) electrons. The molecule has 14 heavy (non-hydrogen) atoms. The molecule has 0 aliphatic rings. The van der Waals surface area contributed by atoms with E-state index in [-0.39, 0.29) is 6.04 Å². The molecule has 0 spiro atoms. The SMILES string of the molecule is Cn1ccc(C(N)Cc2ccco2)n1. The van der Waals surface area contributed by atoms with Crippen molar-refractivity contribution in [1.29, 1.82) is 0 Å². The second-order valence-electron chi connectivity index (χ2n) is 3.30. The average Bonchev–Trinajstić information content (AvgIpc) is 2.75. The summed E-state index contributed by atoms with van der Waals surface area (Å²) in [6.07, 6.45) is 4.22. The molecule has 1 atom stereocenters. The van der Waals surface area contributed by atoms with Gasteiger partial charge in [-0.05, 0) is 18.2 Å². The van der Waals surface area contributed by atoms with Crippen LogP contribution in [-0.2, 0) is 13.5 Å². The monoisotopic (exact) mass is 191 g/mol. The molecule has 0 fully saturated rings. The van der Waals surface area contributed by atoms with Gasteiger partial charge in [0.25, 0.3) is 0 Å². The lowest BCUT2D eigenvalue weighted by atomic mass is 10.1. The van der Waals surface area contributed by atoms with E-state index in [2.05, 4.69) is 5.10 Å². The Hall–Kier alpha value is -1.55. The van der Waals surface area contributed by atoms with Crippen molar-refractivity contribution in [2.75, 3.05) is 0 Å². The van der Waals surface area contributed by atoms with Gasteiger partial charge in [-0.3, -0.25) is 4.68 Å². The summed E-state index contributed by atoms with van der Waals surface area (Å²) < 4.78 is 6.97. The van der Waals surface area contributed by atoms with E-state index in [9.17, 15) is 0 Å². The fraction of sp³-hybridized carbons (Fsp3) is 0.300. The van der Waals surface area contributed by atoms with Gasteiger partial charge in [0.05, 0.1) is 18.0 Å². The van der Waals surface area contributed by atoms with Crippen molar-refractivity contribution in [2.24, 2.45) is 12.8 Å². The molecule has 4 nitrogen and oxygen atoms in total. The largest absolute Gasteiger partial charge is 0.469 e. The summed E-state index contributed by atoms with van der Waals surface area (Å²) in [4.78, 5) is 0. The summed E-state index contributed by atoms with van der Waals surface area (Å²) in [5.41, 5.74) is 6.86. The minimum Gasteiger partial charge on any atom is -0.469 e. The van der Waals surface area contributed by atoms with Crippen molar-refractivity contribution < 1.29 is 4.42 Å². The normalized spacial score (nSPS) is 13.0. The molecule has 2 aromatic heterocycles. The van der Waals surface area contributed by atoms with Gasteiger partial charge in [-0.25, -0.2) is 0 Å². The molecule has 2 heterocycles. The van der Waals surface area contributed by atoms with Crippen LogP contribution in [0, 0.1) is 0 Å². The first kappa shape index (κ1) is 9.02. The highest BCUT2D eigenvalue weighted by Crippen LogP contribution is 2.13. The Bertz CT molecular complexity index is 391. The lowest BCUT2D eigenvalue weighted by Gasteiger charge is -2.05. The third kappa shape index (κ3) is 1.85. The maximum atomic E-state index is 5.96. The van der Waals surface area contributed by atoms with Crippen molar-refractivity contribution in [3.8, 4) is 0 Å². The fourth-order valence-electron chi connectivity index (χ4n) is 1.38. The summed E-state index contributed by atoms with van der Waals surface area (Å²) in [7, 11) is 1.88. The quantitative estimate of drug-likeness (QED) is 0.794. The van der Waals surface area contributed by atoms with Crippen molar-refractivity contribution in [2.45, 2.75) is 12.5 Å². The van der Waals surface area contributed by atoms with Gasteiger partial charge in [0, 0.05) is 19.7 Å². The van der Waals surface area contributed by atoms with Crippen LogP contribution < -0.4 is 5.73 Å². The molecule has 1 unspecified atom stereocenters. The van der Waals surface area contributed by atoms with Crippen LogP contribution in [-0.4, -0.2) is 9.78 Å². The van der Waals surface area contributed by atoms with E-state index in [0.717, 1.165) is 11.5 Å². The summed E-state index contributed by atoms with van der Waals surface area (Å²) in [6.45, 7) is 0. The molecular formula is C10H13N3O. The molecule has 0 saturated carbocycles. The molecule has 2 aromatic rings. The van der Waals surface area contributed by atoms with E-state index in [1.165, 1.54) is 0 Å². The molecular weight excluding hydrogens is 178 g/mol. The Morgan fingerprint density at radius 1 is 1.57 bits per heavy atom. The zero-order valence-electron chi connectivity index (χ0n) is 8.05. The van der Waals surface area contributed by atoms with Crippen LogP contribution in [0.2, 0.25) is 0 Å². The first-order valence-corrected chi connectivity index (χ1v) is 4.53. The molecule has 0 bridgehead atoms. The van der Waals surface area contributed by atoms with Crippen LogP contribution in [0.1, 0.15) is 17.5 Å². The van der Waals surface area contributed by atoms with Gasteiger partial charge in [0.2, 0.25) is 0 Å². The molecule has 0 amide bonds. The molecule has 0 aliphatic carbocycles. The number of hydrogen-bond acceptors (Lipinski definition) is 3. The number of nitrogens with two attached hydrogens (primary N) is 1. The van der Waals surface area contributed by atoms with Gasteiger partial charge in [-0.2, -0.15) is 5.10 Å². The maximum absolute atomic E-state index is 5.96. The minimum absolute atomic E-state index is 0.0950. The van der Waals surface area contributed by atoms with Crippen LogP contribution >= 0.6 is 0 Å². The van der Waals surface area contributed by atoms with Gasteiger partial charge in [0.1, 0.15) is 5.76 Å². The Balaban J connectivity index is 2.06. The second kappa shape index (κ2) is 3.67. The predicted molar refractivity (Wildman–Crippen MR) is 52.5 cm³/mol. The fourth-order valence-corrected chi connectivity index (χ4v) is 1.38. The summed E-state index contributed by atoms with van der Waals surface area (Å²) >= 11 is 0. The molecule has 4 heteroatoms. The topological polar surface area (TPSA) is 57.0 Å². The van der Waals surface area contributed by atoms with Gasteiger partial charge < -0.3 is 10.2 Å². The summed E-state index contributed by atoms with van der Waals surface area (Å²) in [6, 6.07) is 5.61. The van der Waals surface area contributed by atoms with E-state index >= 15 is 0 Å². The van der Waals surface area contributed by atoms with Crippen LogP contribution in [0.4, 0.5) is 0 Å². The maximum Gasteiger partial charge on any atom is 0.105 e. The second-order valence-corrected chi connectivity index (χ2v) is 3.30. The van der Waals surface area contributed by atoms with Crippen molar-refractivity contribution in [1.82, 2.24) is 9.78 Å². The number of nitrogens with zero attached hydrogens (tertiary/aromatic N) is 2. The lowest BCUT2D eigenvalue weighted by Crippen LogP contribution is -2.14. The van der Waals surface area contributed by atoms with Crippen molar-refractivity contribution in [3.05, 3.63) is 42.1 Å². The van der Waals surface area contributed by atoms with E-state index in [0.29, 0.717) is 6.42 Å². The first-order chi connectivity index (χ1) is 6.75. The van der Waals surface area contributed by atoms with Crippen LogP contribution in [0.15, 0.2) is 35.1 Å². The number of furan rings is 1. The molecule has 0 aromatic carbocycles. The number of aryl methyl sites for hydroxylation is 1. The summed E-state index contributed by atoms with van der Waals surface area (Å²) in [5.74, 6) is 0.892. The van der Waals surface area contributed by atoms with Crippen LogP contribution in [0.25, 0.3) is 0 Å². The van der Waals surface area contributed by atoms with Crippen molar-refractivity contribution >= 4 is 0 Å². The molecule has 0 aliphatic heterocycles. The zero-order chi connectivity index (χ0) is 9.97. The van der Waals surface area contributed by atoms with Gasteiger partial charge in [-0.1, -0.05) is 0 Å². The number of hydrogen-bond donors (Lipinski definition) is 1. The highest BCUT2D eigenvalue weighted by molar-refractivity contribution is 5.09. The average molecular weight is 191 g/mol. The lowest BCUT2D eigenvalue weighted by molar-refractivity contribution is 0.484. The highest BCUT2D eigenvalue weighted by atomic mass is 16.3. The Labute approximate surface area is 82.3 Å². The molecule has 2 rings (SSSR count). The third-order valence-electron chi connectivity index (χ3n) is 2.12. The van der Waals surface area contributed by atoms with Crippen molar-refractivity contribution in [3.63, 3.8) is 0 Å². The number of rotatable bonds is 3. The summed E-state index contributed by atoms with van der Waals surface area (Å²) in [5, 5.41) is 4.24. The van der Waals surface area contributed by atoms with E-state index in [4.69, 9.17) is 10.2 Å². The van der Waals surface area contributed by atoms with Crippen LogP contribution in [0.5, 0.6) is 0 Å². The zero-order valence-corrected chi connectivity index (χ0v) is 8.05. The molecule has 0 saturated heterocycles. The van der Waals surface area contributed by atoms with E-state index in [1.54, 1.807) is 10.9 Å². The standard InChI is InChI=1S/C10H13N3O/c1-13-5-4-10(12-13)9(11)7-8-3-2-6-14-8/h2-6,9H,7,11H2,1H3.